The predicted molar refractivity (Wildman–Crippen MR) is 94.5 cm³/mol. The largest absolute Gasteiger partial charge is 0.324 e. The number of carbonyl (C=O) groups excluding carboxylic acids is 1. The minimum absolute atomic E-state index is 0.0952. The van der Waals surface area contributed by atoms with E-state index < -0.39 is 0 Å². The molecular formula is C17H22ClN5O. The molecule has 1 aliphatic heterocycles. The molecular weight excluding hydrogens is 326 g/mol. The Balaban J connectivity index is 1.67. The first-order valence-corrected chi connectivity index (χ1v) is 8.66. The molecule has 128 valence electrons. The van der Waals surface area contributed by atoms with Crippen molar-refractivity contribution in [3.05, 3.63) is 40.9 Å². The molecule has 0 aliphatic carbocycles. The van der Waals surface area contributed by atoms with Crippen LogP contribution in [0.15, 0.2) is 24.5 Å². The van der Waals surface area contributed by atoms with Crippen molar-refractivity contribution in [2.24, 2.45) is 0 Å². The Morgan fingerprint density at radius 2 is 2.29 bits per heavy atom. The lowest BCUT2D eigenvalue weighted by Gasteiger charge is -2.32. The number of nitrogens with zero attached hydrogens (tertiary/aromatic N) is 4. The third kappa shape index (κ3) is 3.53. The predicted octanol–water partition coefficient (Wildman–Crippen LogP) is 3.67. The molecule has 0 unspecified atom stereocenters. The summed E-state index contributed by atoms with van der Waals surface area (Å²) in [4.78, 5) is 14.4. The SMILES string of the molecule is CCn1cnnc1[C@@H]1CCCN(C(=O)Nc2ccc(C)c(Cl)c2)C1. The summed E-state index contributed by atoms with van der Waals surface area (Å²) in [7, 11) is 0. The van der Waals surface area contributed by atoms with Gasteiger partial charge in [-0.05, 0) is 44.4 Å². The molecule has 1 aromatic heterocycles. The van der Waals surface area contributed by atoms with Gasteiger partial charge in [0.15, 0.2) is 0 Å². The maximum absolute atomic E-state index is 12.6. The van der Waals surface area contributed by atoms with Gasteiger partial charge in [-0.25, -0.2) is 4.79 Å². The standard InChI is InChI=1S/C17H22ClN5O/c1-3-22-11-19-21-16(22)13-5-4-8-23(10-13)17(24)20-14-7-6-12(2)15(18)9-14/h6-7,9,11,13H,3-5,8,10H2,1-2H3,(H,20,24)/t13-/m1/s1. The van der Waals surface area contributed by atoms with Crippen molar-refractivity contribution in [2.45, 2.75) is 39.2 Å². The van der Waals surface area contributed by atoms with Crippen LogP contribution in [0.5, 0.6) is 0 Å². The second kappa shape index (κ2) is 7.21. The number of urea groups is 1. The summed E-state index contributed by atoms with van der Waals surface area (Å²) in [6.07, 6.45) is 3.74. The number of amides is 2. The lowest BCUT2D eigenvalue weighted by atomic mass is 9.97. The van der Waals surface area contributed by atoms with E-state index in [-0.39, 0.29) is 11.9 Å². The Morgan fingerprint density at radius 3 is 3.04 bits per heavy atom. The summed E-state index contributed by atoms with van der Waals surface area (Å²) in [5, 5.41) is 11.8. The van der Waals surface area contributed by atoms with Crippen LogP contribution >= 0.6 is 11.6 Å². The molecule has 1 fully saturated rings. The van der Waals surface area contributed by atoms with Crippen molar-refractivity contribution >= 4 is 23.3 Å². The van der Waals surface area contributed by atoms with Crippen molar-refractivity contribution in [2.75, 3.05) is 18.4 Å². The smallest absolute Gasteiger partial charge is 0.321 e. The number of piperidine rings is 1. The highest BCUT2D eigenvalue weighted by molar-refractivity contribution is 6.31. The van der Waals surface area contributed by atoms with E-state index >= 15 is 0 Å². The van der Waals surface area contributed by atoms with Gasteiger partial charge in [0.1, 0.15) is 12.2 Å². The zero-order valence-corrected chi connectivity index (χ0v) is 14.8. The summed E-state index contributed by atoms with van der Waals surface area (Å²) < 4.78 is 2.05. The van der Waals surface area contributed by atoms with E-state index in [0.717, 1.165) is 43.0 Å². The average molecular weight is 348 g/mol. The number of rotatable bonds is 3. The molecule has 1 saturated heterocycles. The van der Waals surface area contributed by atoms with E-state index in [1.54, 1.807) is 12.4 Å². The number of benzene rings is 1. The zero-order chi connectivity index (χ0) is 17.1. The number of hydrogen-bond donors (Lipinski definition) is 1. The van der Waals surface area contributed by atoms with Crippen LogP contribution in [0.3, 0.4) is 0 Å². The van der Waals surface area contributed by atoms with Gasteiger partial charge in [-0.2, -0.15) is 0 Å². The van der Waals surface area contributed by atoms with Crippen LogP contribution in [0.4, 0.5) is 10.5 Å². The highest BCUT2D eigenvalue weighted by Gasteiger charge is 2.27. The second-order valence-corrected chi connectivity index (χ2v) is 6.56. The van der Waals surface area contributed by atoms with E-state index in [9.17, 15) is 4.79 Å². The first-order valence-electron chi connectivity index (χ1n) is 8.28. The normalized spacial score (nSPS) is 17.8. The third-order valence-electron chi connectivity index (χ3n) is 4.48. The van der Waals surface area contributed by atoms with Crippen LogP contribution < -0.4 is 5.32 Å². The summed E-state index contributed by atoms with van der Waals surface area (Å²) >= 11 is 6.12. The van der Waals surface area contributed by atoms with Crippen molar-refractivity contribution in [1.29, 1.82) is 0 Å². The van der Waals surface area contributed by atoms with Crippen LogP contribution in [0.1, 0.15) is 37.1 Å². The second-order valence-electron chi connectivity index (χ2n) is 6.15. The number of aromatic nitrogens is 3. The molecule has 1 N–H and O–H groups in total. The summed E-state index contributed by atoms with van der Waals surface area (Å²) in [6.45, 7) is 6.26. The molecule has 1 atom stereocenters. The minimum atomic E-state index is -0.0952. The third-order valence-corrected chi connectivity index (χ3v) is 4.89. The fourth-order valence-corrected chi connectivity index (χ4v) is 3.25. The van der Waals surface area contributed by atoms with Crippen LogP contribution in [0.2, 0.25) is 5.02 Å². The van der Waals surface area contributed by atoms with Crippen LogP contribution in [-0.2, 0) is 6.54 Å². The number of hydrogen-bond acceptors (Lipinski definition) is 3. The Hall–Kier alpha value is -2.08. The molecule has 24 heavy (non-hydrogen) atoms. The van der Waals surface area contributed by atoms with Crippen molar-refractivity contribution in [3.63, 3.8) is 0 Å². The number of nitrogens with one attached hydrogen (secondary N) is 1. The van der Waals surface area contributed by atoms with Crippen molar-refractivity contribution in [3.8, 4) is 0 Å². The van der Waals surface area contributed by atoms with Crippen molar-refractivity contribution < 1.29 is 4.79 Å². The van der Waals surface area contributed by atoms with Crippen LogP contribution in [-0.4, -0.2) is 38.8 Å². The van der Waals surface area contributed by atoms with Gasteiger partial charge in [-0.15, -0.1) is 10.2 Å². The molecule has 2 amide bonds. The maximum Gasteiger partial charge on any atom is 0.321 e. The number of anilines is 1. The highest BCUT2D eigenvalue weighted by atomic mass is 35.5. The summed E-state index contributed by atoms with van der Waals surface area (Å²) in [5.74, 6) is 1.20. The number of likely N-dealkylation sites (tertiary alicyclic amines) is 1. The first kappa shape index (κ1) is 16.8. The van der Waals surface area contributed by atoms with E-state index in [1.165, 1.54) is 0 Å². The van der Waals surface area contributed by atoms with Gasteiger partial charge in [-0.3, -0.25) is 0 Å². The molecule has 0 bridgehead atoms. The van der Waals surface area contributed by atoms with Gasteiger partial charge in [0.05, 0.1) is 0 Å². The van der Waals surface area contributed by atoms with Crippen LogP contribution in [0, 0.1) is 6.92 Å². The molecule has 0 saturated carbocycles. The molecule has 3 rings (SSSR count). The van der Waals surface area contributed by atoms with Crippen LogP contribution in [0.25, 0.3) is 0 Å². The molecule has 2 heterocycles. The van der Waals surface area contributed by atoms with Gasteiger partial charge in [0, 0.05) is 36.3 Å². The monoisotopic (exact) mass is 347 g/mol. The number of aryl methyl sites for hydroxylation is 2. The van der Waals surface area contributed by atoms with E-state index in [4.69, 9.17) is 11.6 Å². The quantitative estimate of drug-likeness (QED) is 0.921. The fourth-order valence-electron chi connectivity index (χ4n) is 3.07. The molecule has 1 aromatic carbocycles. The van der Waals surface area contributed by atoms with E-state index in [2.05, 4.69) is 22.4 Å². The molecule has 6 nitrogen and oxygen atoms in total. The van der Waals surface area contributed by atoms with Gasteiger partial charge in [0.25, 0.3) is 0 Å². The Labute approximate surface area is 146 Å². The van der Waals surface area contributed by atoms with Gasteiger partial charge in [-0.1, -0.05) is 17.7 Å². The van der Waals surface area contributed by atoms with E-state index in [0.29, 0.717) is 11.6 Å². The lowest BCUT2D eigenvalue weighted by Crippen LogP contribution is -2.42. The van der Waals surface area contributed by atoms with E-state index in [1.807, 2.05) is 28.5 Å². The van der Waals surface area contributed by atoms with Gasteiger partial charge < -0.3 is 14.8 Å². The summed E-state index contributed by atoms with van der Waals surface area (Å²) in [5.41, 5.74) is 1.71. The fraction of sp³-hybridized carbons (Fsp3) is 0.471. The van der Waals surface area contributed by atoms with Crippen molar-refractivity contribution in [1.82, 2.24) is 19.7 Å². The molecule has 0 radical (unpaired) electrons. The molecule has 1 aliphatic rings. The summed E-state index contributed by atoms with van der Waals surface area (Å²) in [6, 6.07) is 5.46. The molecule has 0 spiro atoms. The maximum atomic E-state index is 12.6. The molecule has 2 aromatic rings. The lowest BCUT2D eigenvalue weighted by molar-refractivity contribution is 0.190. The topological polar surface area (TPSA) is 63.1 Å². The first-order chi connectivity index (χ1) is 11.6. The molecule has 7 heteroatoms. The number of carbonyl (C=O) groups is 1. The Morgan fingerprint density at radius 1 is 1.46 bits per heavy atom. The van der Waals surface area contributed by atoms with Gasteiger partial charge in [0.2, 0.25) is 0 Å². The highest BCUT2D eigenvalue weighted by Crippen LogP contribution is 2.26. The minimum Gasteiger partial charge on any atom is -0.324 e. The average Bonchev–Trinajstić information content (AvgIpc) is 3.07. The van der Waals surface area contributed by atoms with Gasteiger partial charge >= 0.3 is 6.03 Å². The Bertz CT molecular complexity index is 730. The number of halogens is 1. The zero-order valence-electron chi connectivity index (χ0n) is 14.0. The Kier molecular flexibility index (Phi) is 5.04.